The first-order chi connectivity index (χ1) is 5.25. The number of nitrogens with two attached hydrogens (primary N) is 1. The van der Waals surface area contributed by atoms with Gasteiger partial charge in [-0.3, -0.25) is 0 Å². The standard InChI is InChI=1S/C8H6ClNS/c9-8-3-5-1-2-6(10)4-7(5)11-8/h1-4H,10H2. The maximum atomic E-state index is 5.81. The van der Waals surface area contributed by atoms with E-state index >= 15 is 0 Å². The smallest absolute Gasteiger partial charge is 0.0940 e. The third-order valence-electron chi connectivity index (χ3n) is 1.51. The van der Waals surface area contributed by atoms with Crippen molar-refractivity contribution < 1.29 is 0 Å². The summed E-state index contributed by atoms with van der Waals surface area (Å²) in [6.45, 7) is 0. The summed E-state index contributed by atoms with van der Waals surface area (Å²) < 4.78 is 1.96. The van der Waals surface area contributed by atoms with E-state index in [1.807, 2.05) is 24.3 Å². The van der Waals surface area contributed by atoms with Crippen LogP contribution < -0.4 is 5.73 Å². The zero-order valence-electron chi connectivity index (χ0n) is 5.67. The van der Waals surface area contributed by atoms with Gasteiger partial charge in [0.1, 0.15) is 0 Å². The number of anilines is 1. The van der Waals surface area contributed by atoms with Gasteiger partial charge in [0.2, 0.25) is 0 Å². The Morgan fingerprint density at radius 2 is 2.09 bits per heavy atom. The average molecular weight is 184 g/mol. The second-order valence-electron chi connectivity index (χ2n) is 2.35. The van der Waals surface area contributed by atoms with E-state index in [0.29, 0.717) is 0 Å². The van der Waals surface area contributed by atoms with Gasteiger partial charge < -0.3 is 5.73 Å². The Kier molecular flexibility index (Phi) is 1.51. The van der Waals surface area contributed by atoms with E-state index in [2.05, 4.69) is 0 Å². The molecule has 56 valence electrons. The summed E-state index contributed by atoms with van der Waals surface area (Å²) in [6.07, 6.45) is 0. The molecule has 11 heavy (non-hydrogen) atoms. The van der Waals surface area contributed by atoms with Crippen LogP contribution in [0, 0.1) is 0 Å². The van der Waals surface area contributed by atoms with Crippen LogP contribution in [0.3, 0.4) is 0 Å². The quantitative estimate of drug-likeness (QED) is 0.624. The third kappa shape index (κ3) is 1.19. The van der Waals surface area contributed by atoms with Crippen LogP contribution in [0.4, 0.5) is 5.69 Å². The molecule has 0 radical (unpaired) electrons. The van der Waals surface area contributed by atoms with E-state index in [9.17, 15) is 0 Å². The van der Waals surface area contributed by atoms with E-state index in [-0.39, 0.29) is 0 Å². The molecule has 0 unspecified atom stereocenters. The SMILES string of the molecule is Nc1ccc2cc(Cl)sc2c1. The Balaban J connectivity index is 2.82. The van der Waals surface area contributed by atoms with Crippen molar-refractivity contribution in [1.82, 2.24) is 0 Å². The van der Waals surface area contributed by atoms with Gasteiger partial charge in [-0.25, -0.2) is 0 Å². The molecular formula is C8H6ClNS. The minimum absolute atomic E-state index is 0.788. The number of hydrogen-bond donors (Lipinski definition) is 1. The molecule has 0 aliphatic rings. The lowest BCUT2D eigenvalue weighted by Crippen LogP contribution is -1.80. The fourth-order valence-corrected chi connectivity index (χ4v) is 2.22. The first-order valence-corrected chi connectivity index (χ1v) is 4.40. The summed E-state index contributed by atoms with van der Waals surface area (Å²) in [5, 5.41) is 1.16. The van der Waals surface area contributed by atoms with Gasteiger partial charge >= 0.3 is 0 Å². The molecule has 0 fully saturated rings. The molecule has 0 aliphatic carbocycles. The van der Waals surface area contributed by atoms with Crippen molar-refractivity contribution in [2.45, 2.75) is 0 Å². The van der Waals surface area contributed by atoms with Crippen molar-refractivity contribution in [2.75, 3.05) is 5.73 Å². The Morgan fingerprint density at radius 1 is 1.27 bits per heavy atom. The minimum atomic E-state index is 0.788. The van der Waals surface area contributed by atoms with Crippen LogP contribution in [0.5, 0.6) is 0 Å². The molecule has 1 nitrogen and oxygen atoms in total. The summed E-state index contributed by atoms with van der Waals surface area (Å²) in [6, 6.07) is 7.74. The summed E-state index contributed by atoms with van der Waals surface area (Å²) in [4.78, 5) is 0. The molecule has 2 rings (SSSR count). The molecule has 2 aromatic rings. The molecule has 3 heteroatoms. The molecule has 2 N–H and O–H groups in total. The fraction of sp³-hybridized carbons (Fsp3) is 0. The van der Waals surface area contributed by atoms with Crippen LogP contribution in [0.25, 0.3) is 10.1 Å². The molecule has 0 saturated carbocycles. The van der Waals surface area contributed by atoms with E-state index in [1.165, 1.54) is 0 Å². The zero-order chi connectivity index (χ0) is 7.84. The molecule has 1 aromatic heterocycles. The second-order valence-corrected chi connectivity index (χ2v) is 4.06. The Bertz CT molecular complexity index is 394. The van der Waals surface area contributed by atoms with E-state index in [4.69, 9.17) is 17.3 Å². The summed E-state index contributed by atoms with van der Waals surface area (Å²) in [7, 11) is 0. The Hall–Kier alpha value is -0.730. The number of hydrogen-bond acceptors (Lipinski definition) is 2. The highest BCUT2D eigenvalue weighted by Crippen LogP contribution is 2.30. The third-order valence-corrected chi connectivity index (χ3v) is 2.74. The van der Waals surface area contributed by atoms with Crippen LogP contribution in [0.2, 0.25) is 4.34 Å². The van der Waals surface area contributed by atoms with Gasteiger partial charge in [-0.2, -0.15) is 0 Å². The molecule has 0 aliphatic heterocycles. The zero-order valence-corrected chi connectivity index (χ0v) is 7.25. The monoisotopic (exact) mass is 183 g/mol. The average Bonchev–Trinajstić information content (AvgIpc) is 2.27. The van der Waals surface area contributed by atoms with Crippen LogP contribution >= 0.6 is 22.9 Å². The molecular weight excluding hydrogens is 178 g/mol. The Labute approximate surface area is 73.4 Å². The lowest BCUT2D eigenvalue weighted by atomic mass is 10.2. The molecule has 0 saturated heterocycles. The normalized spacial score (nSPS) is 10.6. The molecule has 0 spiro atoms. The number of nitrogen functional groups attached to an aromatic ring is 1. The van der Waals surface area contributed by atoms with Crippen molar-refractivity contribution in [3.63, 3.8) is 0 Å². The molecule has 0 amide bonds. The number of halogens is 1. The molecule has 1 heterocycles. The van der Waals surface area contributed by atoms with Gasteiger partial charge in [0, 0.05) is 10.4 Å². The predicted octanol–water partition coefficient (Wildman–Crippen LogP) is 3.14. The van der Waals surface area contributed by atoms with Gasteiger partial charge in [0.25, 0.3) is 0 Å². The van der Waals surface area contributed by atoms with Gasteiger partial charge in [-0.15, -0.1) is 11.3 Å². The number of benzene rings is 1. The van der Waals surface area contributed by atoms with Crippen molar-refractivity contribution in [3.05, 3.63) is 28.6 Å². The van der Waals surface area contributed by atoms with E-state index in [1.54, 1.807) is 11.3 Å². The molecule has 0 bridgehead atoms. The Morgan fingerprint density at radius 3 is 2.91 bits per heavy atom. The summed E-state index contributed by atoms with van der Waals surface area (Å²) in [5.74, 6) is 0. The molecule has 0 atom stereocenters. The maximum Gasteiger partial charge on any atom is 0.0940 e. The van der Waals surface area contributed by atoms with E-state index < -0.39 is 0 Å². The van der Waals surface area contributed by atoms with Crippen LogP contribution in [0.15, 0.2) is 24.3 Å². The van der Waals surface area contributed by atoms with Crippen molar-refractivity contribution in [3.8, 4) is 0 Å². The van der Waals surface area contributed by atoms with Crippen LogP contribution in [-0.4, -0.2) is 0 Å². The first-order valence-electron chi connectivity index (χ1n) is 3.20. The van der Waals surface area contributed by atoms with E-state index in [0.717, 1.165) is 20.1 Å². The van der Waals surface area contributed by atoms with Gasteiger partial charge in [-0.05, 0) is 23.6 Å². The lowest BCUT2D eigenvalue weighted by molar-refractivity contribution is 1.79. The number of rotatable bonds is 0. The number of thiophene rings is 1. The van der Waals surface area contributed by atoms with Gasteiger partial charge in [0.15, 0.2) is 0 Å². The van der Waals surface area contributed by atoms with Gasteiger partial charge in [0.05, 0.1) is 4.34 Å². The van der Waals surface area contributed by atoms with Crippen molar-refractivity contribution in [2.24, 2.45) is 0 Å². The van der Waals surface area contributed by atoms with Crippen LogP contribution in [0.1, 0.15) is 0 Å². The highest BCUT2D eigenvalue weighted by atomic mass is 35.5. The minimum Gasteiger partial charge on any atom is -0.399 e. The fourth-order valence-electron chi connectivity index (χ4n) is 1.02. The first kappa shape index (κ1) is 6.95. The summed E-state index contributed by atoms with van der Waals surface area (Å²) >= 11 is 7.36. The second kappa shape index (κ2) is 2.40. The predicted molar refractivity (Wildman–Crippen MR) is 51.2 cm³/mol. The highest BCUT2D eigenvalue weighted by molar-refractivity contribution is 7.22. The van der Waals surface area contributed by atoms with Crippen LogP contribution in [-0.2, 0) is 0 Å². The summed E-state index contributed by atoms with van der Waals surface area (Å²) in [5.41, 5.74) is 6.38. The van der Waals surface area contributed by atoms with Gasteiger partial charge in [-0.1, -0.05) is 17.7 Å². The largest absolute Gasteiger partial charge is 0.399 e. The van der Waals surface area contributed by atoms with Crippen molar-refractivity contribution in [1.29, 1.82) is 0 Å². The lowest BCUT2D eigenvalue weighted by Gasteiger charge is -1.90. The maximum absolute atomic E-state index is 5.81. The van der Waals surface area contributed by atoms with Crippen molar-refractivity contribution >= 4 is 38.7 Å². The molecule has 1 aromatic carbocycles. The topological polar surface area (TPSA) is 26.0 Å². The highest BCUT2D eigenvalue weighted by Gasteiger charge is 1.98. The number of fused-ring (bicyclic) bond motifs is 1.